The first-order chi connectivity index (χ1) is 13.2. The van der Waals surface area contributed by atoms with Crippen molar-refractivity contribution >= 4 is 35.0 Å². The molecule has 12 heteroatoms. The molecule has 0 unspecified atom stereocenters. The van der Waals surface area contributed by atoms with E-state index in [4.69, 9.17) is 14.2 Å². The van der Waals surface area contributed by atoms with Gasteiger partial charge in [-0.05, 0) is 0 Å². The van der Waals surface area contributed by atoms with Crippen LogP contribution < -0.4 is 10.9 Å². The van der Waals surface area contributed by atoms with E-state index in [-0.39, 0.29) is 30.1 Å². The third-order valence-electron chi connectivity index (χ3n) is 3.99. The van der Waals surface area contributed by atoms with Crippen LogP contribution in [-0.2, 0) is 28.6 Å². The number of fused-ring (bicyclic) bond motifs is 1. The standard InChI is InChI=1S/C16H19N5O7/c1-7(22)18-16-19-14-13(15(25)20-16)17-6-21(14)12-4-10(27-9(3)24)11(28-12)5-26-8(2)23/h6,10-12H,4-5H2,1-3H3,(H2,18,19,20,22,25)/t10-,11+,12+/m0/s1. The zero-order valence-corrected chi connectivity index (χ0v) is 15.4. The van der Waals surface area contributed by atoms with Crippen LogP contribution in [0.3, 0.4) is 0 Å². The van der Waals surface area contributed by atoms with Crippen molar-refractivity contribution in [3.8, 4) is 0 Å². The Labute approximate surface area is 158 Å². The summed E-state index contributed by atoms with van der Waals surface area (Å²) in [6.07, 6.45) is -0.410. The molecular weight excluding hydrogens is 374 g/mol. The Balaban J connectivity index is 1.91. The molecule has 3 atom stereocenters. The number of carbonyl (C=O) groups is 3. The number of anilines is 1. The SMILES string of the molecule is CC(=O)Nc1nc2c(ncn2[C@H]2C[C@H](OC(C)=O)[C@@H](COC(C)=O)O2)c(=O)[nH]1. The molecule has 0 aromatic carbocycles. The fourth-order valence-corrected chi connectivity index (χ4v) is 2.92. The maximum absolute atomic E-state index is 12.2. The minimum atomic E-state index is -0.688. The molecule has 1 fully saturated rings. The van der Waals surface area contributed by atoms with Gasteiger partial charge in [0.15, 0.2) is 11.2 Å². The van der Waals surface area contributed by atoms with Crippen LogP contribution in [-0.4, -0.2) is 56.2 Å². The van der Waals surface area contributed by atoms with Gasteiger partial charge in [0.25, 0.3) is 5.56 Å². The third kappa shape index (κ3) is 4.17. The number of hydrogen-bond acceptors (Lipinski definition) is 9. The summed E-state index contributed by atoms with van der Waals surface area (Å²) in [5.41, 5.74) is -0.282. The lowest BCUT2D eigenvalue weighted by molar-refractivity contribution is -0.155. The number of nitrogens with zero attached hydrogens (tertiary/aromatic N) is 3. The van der Waals surface area contributed by atoms with E-state index in [1.165, 1.54) is 31.7 Å². The van der Waals surface area contributed by atoms with E-state index in [2.05, 4.69) is 20.3 Å². The first kappa shape index (κ1) is 19.5. The van der Waals surface area contributed by atoms with Gasteiger partial charge >= 0.3 is 11.9 Å². The minimum absolute atomic E-state index is 0.0299. The van der Waals surface area contributed by atoms with Gasteiger partial charge < -0.3 is 14.2 Å². The Hall–Kier alpha value is -3.28. The van der Waals surface area contributed by atoms with Gasteiger partial charge in [0.05, 0.1) is 6.33 Å². The van der Waals surface area contributed by atoms with E-state index in [0.29, 0.717) is 0 Å². The second kappa shape index (κ2) is 7.76. The van der Waals surface area contributed by atoms with E-state index in [9.17, 15) is 19.2 Å². The average molecular weight is 393 g/mol. The number of esters is 2. The maximum atomic E-state index is 12.2. The van der Waals surface area contributed by atoms with Crippen LogP contribution in [0.15, 0.2) is 11.1 Å². The fourth-order valence-electron chi connectivity index (χ4n) is 2.92. The number of nitrogens with one attached hydrogen (secondary N) is 2. The summed E-state index contributed by atoms with van der Waals surface area (Å²) in [5.74, 6) is -1.42. The van der Waals surface area contributed by atoms with Gasteiger partial charge in [-0.15, -0.1) is 0 Å². The lowest BCUT2D eigenvalue weighted by Crippen LogP contribution is -2.31. The molecule has 28 heavy (non-hydrogen) atoms. The molecule has 0 aliphatic carbocycles. The van der Waals surface area contributed by atoms with Gasteiger partial charge in [-0.1, -0.05) is 0 Å². The molecule has 1 aliphatic heterocycles. The Morgan fingerprint density at radius 3 is 2.71 bits per heavy atom. The zero-order chi connectivity index (χ0) is 20.4. The molecule has 2 aromatic rings. The molecule has 3 heterocycles. The molecule has 0 spiro atoms. The summed E-state index contributed by atoms with van der Waals surface area (Å²) in [7, 11) is 0. The Morgan fingerprint density at radius 2 is 2.07 bits per heavy atom. The third-order valence-corrected chi connectivity index (χ3v) is 3.99. The summed E-state index contributed by atoms with van der Waals surface area (Å²) in [4.78, 5) is 56.6. The molecule has 1 saturated heterocycles. The summed E-state index contributed by atoms with van der Waals surface area (Å²) in [5, 5.41) is 2.41. The predicted molar refractivity (Wildman–Crippen MR) is 93.2 cm³/mol. The van der Waals surface area contributed by atoms with Crippen molar-refractivity contribution in [2.75, 3.05) is 11.9 Å². The molecule has 1 aliphatic rings. The quantitative estimate of drug-likeness (QED) is 0.660. The number of hydrogen-bond donors (Lipinski definition) is 2. The average Bonchev–Trinajstić information content (AvgIpc) is 3.16. The van der Waals surface area contributed by atoms with Crippen LogP contribution in [0.25, 0.3) is 11.2 Å². The molecule has 1 amide bonds. The van der Waals surface area contributed by atoms with Crippen molar-refractivity contribution in [1.82, 2.24) is 19.5 Å². The van der Waals surface area contributed by atoms with Crippen molar-refractivity contribution in [3.05, 3.63) is 16.7 Å². The first-order valence-corrected chi connectivity index (χ1v) is 8.45. The predicted octanol–water partition coefficient (Wildman–Crippen LogP) is -0.140. The number of aromatic nitrogens is 4. The van der Waals surface area contributed by atoms with Crippen LogP contribution >= 0.6 is 0 Å². The lowest BCUT2D eigenvalue weighted by atomic mass is 10.2. The smallest absolute Gasteiger partial charge is 0.303 e. The monoisotopic (exact) mass is 393 g/mol. The zero-order valence-electron chi connectivity index (χ0n) is 15.4. The number of rotatable bonds is 5. The summed E-state index contributed by atoms with van der Waals surface area (Å²) < 4.78 is 17.6. The largest absolute Gasteiger partial charge is 0.463 e. The highest BCUT2D eigenvalue weighted by Crippen LogP contribution is 2.32. The van der Waals surface area contributed by atoms with Gasteiger partial charge in [-0.25, -0.2) is 4.98 Å². The van der Waals surface area contributed by atoms with Crippen molar-refractivity contribution in [1.29, 1.82) is 0 Å². The minimum Gasteiger partial charge on any atom is -0.463 e. The normalized spacial score (nSPS) is 21.5. The fraction of sp³-hybridized carbons (Fsp3) is 0.500. The van der Waals surface area contributed by atoms with Crippen LogP contribution in [0, 0.1) is 0 Å². The van der Waals surface area contributed by atoms with Gasteiger partial charge in [0.2, 0.25) is 11.9 Å². The molecule has 0 saturated carbocycles. The van der Waals surface area contributed by atoms with Crippen molar-refractivity contribution in [2.24, 2.45) is 0 Å². The number of amides is 1. The van der Waals surface area contributed by atoms with Crippen LogP contribution in [0.2, 0.25) is 0 Å². The first-order valence-electron chi connectivity index (χ1n) is 8.45. The molecule has 0 radical (unpaired) electrons. The topological polar surface area (TPSA) is 155 Å². The Bertz CT molecular complexity index is 981. The van der Waals surface area contributed by atoms with E-state index < -0.39 is 41.8 Å². The summed E-state index contributed by atoms with van der Waals surface area (Å²) in [6.45, 7) is 3.71. The molecule has 2 N–H and O–H groups in total. The number of aromatic amines is 1. The molecular formula is C16H19N5O7. The highest BCUT2D eigenvalue weighted by atomic mass is 16.6. The van der Waals surface area contributed by atoms with Gasteiger partial charge in [0, 0.05) is 27.2 Å². The van der Waals surface area contributed by atoms with Gasteiger partial charge in [0.1, 0.15) is 25.0 Å². The highest BCUT2D eigenvalue weighted by Gasteiger charge is 2.40. The lowest BCUT2D eigenvalue weighted by Gasteiger charge is -2.17. The van der Waals surface area contributed by atoms with Gasteiger partial charge in [-0.3, -0.25) is 34.0 Å². The number of carbonyl (C=O) groups excluding carboxylic acids is 3. The van der Waals surface area contributed by atoms with E-state index in [0.717, 1.165) is 0 Å². The van der Waals surface area contributed by atoms with E-state index in [1.54, 1.807) is 0 Å². The van der Waals surface area contributed by atoms with Crippen LogP contribution in [0.4, 0.5) is 5.95 Å². The number of ether oxygens (including phenoxy) is 3. The maximum Gasteiger partial charge on any atom is 0.303 e. The van der Waals surface area contributed by atoms with Gasteiger partial charge in [-0.2, -0.15) is 4.98 Å². The molecule has 2 aromatic heterocycles. The molecule has 12 nitrogen and oxygen atoms in total. The summed E-state index contributed by atoms with van der Waals surface area (Å²) in [6, 6.07) is 0. The number of H-pyrrole nitrogens is 1. The number of imidazole rings is 1. The Kier molecular flexibility index (Phi) is 5.40. The van der Waals surface area contributed by atoms with Crippen LogP contribution in [0.1, 0.15) is 33.4 Å². The van der Waals surface area contributed by atoms with E-state index >= 15 is 0 Å². The molecule has 0 bridgehead atoms. The van der Waals surface area contributed by atoms with Crippen molar-refractivity contribution in [3.63, 3.8) is 0 Å². The van der Waals surface area contributed by atoms with Crippen molar-refractivity contribution in [2.45, 2.75) is 45.6 Å². The molecule has 3 rings (SSSR count). The van der Waals surface area contributed by atoms with Crippen LogP contribution in [0.5, 0.6) is 0 Å². The second-order valence-corrected chi connectivity index (χ2v) is 6.24. The van der Waals surface area contributed by atoms with Crippen molar-refractivity contribution < 1.29 is 28.6 Å². The Morgan fingerprint density at radius 1 is 1.32 bits per heavy atom. The van der Waals surface area contributed by atoms with E-state index in [1.807, 2.05) is 0 Å². The second-order valence-electron chi connectivity index (χ2n) is 6.24. The molecule has 150 valence electrons. The summed E-state index contributed by atoms with van der Waals surface area (Å²) >= 11 is 0. The highest BCUT2D eigenvalue weighted by molar-refractivity contribution is 5.87.